The molecule has 0 fully saturated rings. The quantitative estimate of drug-likeness (QED) is 0.188. The van der Waals surface area contributed by atoms with Crippen LogP contribution < -0.4 is 0 Å². The minimum atomic E-state index is 0.896. The van der Waals surface area contributed by atoms with Crippen LogP contribution in [0.4, 0.5) is 0 Å². The van der Waals surface area contributed by atoms with Gasteiger partial charge in [-0.1, -0.05) is 84.9 Å². The van der Waals surface area contributed by atoms with E-state index in [1.54, 1.807) is 0 Å². The first kappa shape index (κ1) is 22.6. The van der Waals surface area contributed by atoms with Gasteiger partial charge < -0.3 is 4.40 Å². The van der Waals surface area contributed by atoms with Crippen LogP contribution in [0.15, 0.2) is 134 Å². The van der Waals surface area contributed by atoms with Gasteiger partial charge in [-0.15, -0.1) is 0 Å². The van der Waals surface area contributed by atoms with Gasteiger partial charge in [0.25, 0.3) is 0 Å². The fourth-order valence-electron chi connectivity index (χ4n) is 7.86. The highest BCUT2D eigenvalue weighted by Crippen LogP contribution is 2.47. The van der Waals surface area contributed by atoms with Crippen molar-refractivity contribution >= 4 is 92.5 Å². The maximum absolute atomic E-state index is 5.36. The molecule has 0 bridgehead atoms. The Hall–Kier alpha value is -6.00. The van der Waals surface area contributed by atoms with Crippen LogP contribution in [0.25, 0.3) is 98.3 Å². The lowest BCUT2D eigenvalue weighted by Gasteiger charge is -2.10. The monoisotopic (exact) mass is 558 g/mol. The predicted octanol–water partition coefficient (Wildman–Crippen LogP) is 10.2. The van der Waals surface area contributed by atoms with Crippen molar-refractivity contribution in [1.82, 2.24) is 18.9 Å². The molecule has 6 aromatic carbocycles. The van der Waals surface area contributed by atoms with Crippen molar-refractivity contribution in [2.45, 2.75) is 0 Å². The largest absolute Gasteiger partial charge is 0.308 e. The van der Waals surface area contributed by atoms with E-state index in [4.69, 9.17) is 9.97 Å². The Bertz CT molecular complexity index is 3000. The number of rotatable bonds is 1. The normalized spacial score (nSPS) is 12.5. The number of pyridine rings is 2. The number of nitrogens with zero attached hydrogens (tertiary/aromatic N) is 4. The van der Waals surface area contributed by atoms with E-state index >= 15 is 0 Å². The lowest BCUT2D eigenvalue weighted by Crippen LogP contribution is -1.98. The molecule has 0 saturated heterocycles. The van der Waals surface area contributed by atoms with Crippen molar-refractivity contribution in [3.63, 3.8) is 0 Å². The summed E-state index contributed by atoms with van der Waals surface area (Å²) in [5.41, 5.74) is 7.93. The van der Waals surface area contributed by atoms with E-state index < -0.39 is 0 Å². The SMILES string of the molecule is c1ccc2c(c1)ccc1c2c2c3c4ccccc4n4c5ccccc5c(cc2n1-c1ccc2ccc5cccnc5c2n1)c34. The summed E-state index contributed by atoms with van der Waals surface area (Å²) in [6, 6.07) is 46.0. The average Bonchev–Trinajstić information content (AvgIpc) is 3.72. The number of para-hydroxylation sites is 2. The van der Waals surface area contributed by atoms with E-state index in [-0.39, 0.29) is 0 Å². The number of fused-ring (bicyclic) bond motifs is 15. The summed E-state index contributed by atoms with van der Waals surface area (Å²) in [7, 11) is 0. The van der Waals surface area contributed by atoms with Crippen LogP contribution in [-0.4, -0.2) is 18.9 Å². The van der Waals surface area contributed by atoms with E-state index in [2.05, 4.69) is 130 Å². The van der Waals surface area contributed by atoms with Crippen LogP contribution in [0.1, 0.15) is 0 Å². The smallest absolute Gasteiger partial charge is 0.138 e. The van der Waals surface area contributed by atoms with Gasteiger partial charge in [-0.25, -0.2) is 4.98 Å². The van der Waals surface area contributed by atoms with Crippen LogP contribution in [0, 0.1) is 0 Å². The van der Waals surface area contributed by atoms with Gasteiger partial charge in [0.05, 0.1) is 38.6 Å². The Labute approximate surface area is 250 Å². The first-order valence-corrected chi connectivity index (χ1v) is 15.0. The van der Waals surface area contributed by atoms with Gasteiger partial charge in [0.1, 0.15) is 5.82 Å². The Morgan fingerprint density at radius 2 is 1.11 bits per heavy atom. The topological polar surface area (TPSA) is 35.1 Å². The molecule has 0 N–H and O–H groups in total. The highest BCUT2D eigenvalue weighted by molar-refractivity contribution is 6.38. The van der Waals surface area contributed by atoms with Crippen molar-refractivity contribution in [3.8, 4) is 5.82 Å². The molecule has 0 aliphatic rings. The molecular weight excluding hydrogens is 536 g/mol. The van der Waals surface area contributed by atoms with Crippen LogP contribution in [-0.2, 0) is 0 Å². The molecule has 11 aromatic rings. The molecule has 4 heteroatoms. The van der Waals surface area contributed by atoms with E-state index in [0.29, 0.717) is 0 Å². The second-order valence-corrected chi connectivity index (χ2v) is 11.8. The molecule has 44 heavy (non-hydrogen) atoms. The molecule has 11 rings (SSSR count). The van der Waals surface area contributed by atoms with Crippen molar-refractivity contribution < 1.29 is 0 Å². The standard InChI is InChI=1S/C40H22N4/c1-2-10-26-23(8-1)17-19-32-35(26)37-33(43(32)34-20-18-25-16-15-24-9-7-21-41-38(24)39(25)42-34)22-29-27-11-3-5-13-30(27)44-31-14-6-4-12-28(31)36(37)40(29)44/h1-22H. The molecule has 0 aliphatic carbocycles. The van der Waals surface area contributed by atoms with Crippen molar-refractivity contribution in [2.24, 2.45) is 0 Å². The van der Waals surface area contributed by atoms with Gasteiger partial charge in [-0.05, 0) is 53.2 Å². The number of hydrogen-bond acceptors (Lipinski definition) is 2. The summed E-state index contributed by atoms with van der Waals surface area (Å²) in [6.45, 7) is 0. The summed E-state index contributed by atoms with van der Waals surface area (Å²) < 4.78 is 4.84. The highest BCUT2D eigenvalue weighted by atomic mass is 15.1. The first-order valence-electron chi connectivity index (χ1n) is 15.0. The maximum Gasteiger partial charge on any atom is 0.138 e. The third-order valence-corrected chi connectivity index (χ3v) is 9.64. The Balaban J connectivity index is 1.43. The molecule has 0 unspecified atom stereocenters. The zero-order chi connectivity index (χ0) is 28.5. The van der Waals surface area contributed by atoms with E-state index in [0.717, 1.165) is 33.1 Å². The van der Waals surface area contributed by atoms with Crippen LogP contribution in [0.3, 0.4) is 0 Å². The average molecular weight is 559 g/mol. The molecule has 0 amide bonds. The first-order chi connectivity index (χ1) is 21.8. The second kappa shape index (κ2) is 7.88. The minimum absolute atomic E-state index is 0.896. The summed E-state index contributed by atoms with van der Waals surface area (Å²) in [4.78, 5) is 10.1. The van der Waals surface area contributed by atoms with Gasteiger partial charge >= 0.3 is 0 Å². The Morgan fingerprint density at radius 3 is 2.00 bits per heavy atom. The van der Waals surface area contributed by atoms with Gasteiger partial charge in [0.15, 0.2) is 0 Å². The Kier molecular flexibility index (Phi) is 4.04. The van der Waals surface area contributed by atoms with Gasteiger partial charge in [-0.3, -0.25) is 9.55 Å². The Morgan fingerprint density at radius 1 is 0.432 bits per heavy atom. The number of hydrogen-bond donors (Lipinski definition) is 0. The van der Waals surface area contributed by atoms with Crippen molar-refractivity contribution in [2.75, 3.05) is 0 Å². The number of benzene rings is 6. The zero-order valence-electron chi connectivity index (χ0n) is 23.5. The molecule has 0 radical (unpaired) electrons. The lowest BCUT2D eigenvalue weighted by molar-refractivity contribution is 1.10. The summed E-state index contributed by atoms with van der Waals surface area (Å²) in [6.07, 6.45) is 1.86. The van der Waals surface area contributed by atoms with Crippen LogP contribution in [0.5, 0.6) is 0 Å². The second-order valence-electron chi connectivity index (χ2n) is 11.8. The third kappa shape index (κ3) is 2.65. The highest BCUT2D eigenvalue weighted by Gasteiger charge is 2.25. The third-order valence-electron chi connectivity index (χ3n) is 9.64. The van der Waals surface area contributed by atoms with Crippen LogP contribution >= 0.6 is 0 Å². The van der Waals surface area contributed by atoms with Gasteiger partial charge in [0, 0.05) is 49.3 Å². The molecule has 0 atom stereocenters. The molecule has 0 saturated carbocycles. The van der Waals surface area contributed by atoms with Crippen molar-refractivity contribution in [3.05, 3.63) is 134 Å². The molecule has 0 aliphatic heterocycles. The van der Waals surface area contributed by atoms with Gasteiger partial charge in [0.2, 0.25) is 0 Å². The molecule has 202 valence electrons. The van der Waals surface area contributed by atoms with E-state index in [9.17, 15) is 0 Å². The van der Waals surface area contributed by atoms with E-state index in [1.807, 2.05) is 12.3 Å². The summed E-state index contributed by atoms with van der Waals surface area (Å²) in [5, 5.41) is 12.3. The fraction of sp³-hybridized carbons (Fsp3) is 0. The maximum atomic E-state index is 5.36. The summed E-state index contributed by atoms with van der Waals surface area (Å²) in [5.74, 6) is 0.896. The molecule has 4 nitrogen and oxygen atoms in total. The van der Waals surface area contributed by atoms with Gasteiger partial charge in [-0.2, -0.15) is 0 Å². The lowest BCUT2D eigenvalue weighted by atomic mass is 9.99. The molecule has 0 spiro atoms. The number of aromatic nitrogens is 4. The molecule has 5 aromatic heterocycles. The summed E-state index contributed by atoms with van der Waals surface area (Å²) >= 11 is 0. The molecular formula is C40H22N4. The molecule has 5 heterocycles. The minimum Gasteiger partial charge on any atom is -0.308 e. The van der Waals surface area contributed by atoms with E-state index in [1.165, 1.54) is 65.2 Å². The predicted molar refractivity (Wildman–Crippen MR) is 184 cm³/mol. The zero-order valence-corrected chi connectivity index (χ0v) is 23.5. The van der Waals surface area contributed by atoms with Crippen molar-refractivity contribution in [1.29, 1.82) is 0 Å². The fourth-order valence-corrected chi connectivity index (χ4v) is 7.86. The van der Waals surface area contributed by atoms with Crippen LogP contribution in [0.2, 0.25) is 0 Å².